The Kier molecular flexibility index (Phi) is 5.62. The Morgan fingerprint density at radius 3 is 2.77 bits per heavy atom. The molecular weight excluding hydrogens is 334 g/mol. The van der Waals surface area contributed by atoms with Crippen LogP contribution in [0.5, 0.6) is 0 Å². The highest BCUT2D eigenvalue weighted by atomic mass is 16.2. The van der Waals surface area contributed by atoms with Gasteiger partial charge in [-0.1, -0.05) is 6.07 Å². The Bertz CT molecular complexity index is 855. The van der Waals surface area contributed by atoms with Gasteiger partial charge in [0.25, 0.3) is 11.5 Å². The molecule has 3 heterocycles. The number of piperidine rings is 1. The summed E-state index contributed by atoms with van der Waals surface area (Å²) in [5.74, 6) is -0.639. The number of hydrogen-bond donors (Lipinski definition) is 2. The first-order chi connectivity index (χ1) is 12.6. The van der Waals surface area contributed by atoms with Crippen molar-refractivity contribution in [1.29, 1.82) is 0 Å². The normalized spacial score (nSPS) is 15.8. The summed E-state index contributed by atoms with van der Waals surface area (Å²) in [6.07, 6.45) is 5.27. The summed E-state index contributed by atoms with van der Waals surface area (Å²) in [5.41, 5.74) is 5.50. The standard InChI is InChI=1S/C18H23N5O3/c19-16(24)13-5-10-22(11-6-13)8-3-7-20-17(25)14-12-21-15-4-1-2-9-23(15)18(14)26/h1-2,4,9,12-13H,3,5-8,10-11H2,(H2,19,24)(H,20,25). The lowest BCUT2D eigenvalue weighted by molar-refractivity contribution is -0.123. The van der Waals surface area contributed by atoms with E-state index in [0.717, 1.165) is 38.9 Å². The molecule has 26 heavy (non-hydrogen) atoms. The van der Waals surface area contributed by atoms with Gasteiger partial charge in [-0.15, -0.1) is 0 Å². The van der Waals surface area contributed by atoms with Crippen molar-refractivity contribution in [3.63, 3.8) is 0 Å². The van der Waals surface area contributed by atoms with Crippen LogP contribution in [-0.4, -0.2) is 52.3 Å². The van der Waals surface area contributed by atoms with Crippen molar-refractivity contribution in [3.8, 4) is 0 Å². The van der Waals surface area contributed by atoms with E-state index in [1.165, 1.54) is 10.6 Å². The van der Waals surface area contributed by atoms with Crippen LogP contribution in [0.2, 0.25) is 0 Å². The van der Waals surface area contributed by atoms with E-state index in [9.17, 15) is 14.4 Å². The molecule has 0 bridgehead atoms. The fourth-order valence-electron chi connectivity index (χ4n) is 3.22. The quantitative estimate of drug-likeness (QED) is 0.708. The highest BCUT2D eigenvalue weighted by molar-refractivity contribution is 5.93. The molecule has 8 nitrogen and oxygen atoms in total. The Labute approximate surface area is 151 Å². The number of rotatable bonds is 6. The number of pyridine rings is 1. The van der Waals surface area contributed by atoms with E-state index in [0.29, 0.717) is 12.2 Å². The number of likely N-dealkylation sites (tertiary alicyclic amines) is 1. The Morgan fingerprint density at radius 2 is 2.04 bits per heavy atom. The lowest BCUT2D eigenvalue weighted by Gasteiger charge is -2.30. The van der Waals surface area contributed by atoms with Crippen LogP contribution in [0.3, 0.4) is 0 Å². The summed E-state index contributed by atoms with van der Waals surface area (Å²) in [7, 11) is 0. The lowest BCUT2D eigenvalue weighted by Crippen LogP contribution is -2.40. The molecule has 3 rings (SSSR count). The second-order valence-electron chi connectivity index (χ2n) is 6.53. The van der Waals surface area contributed by atoms with Crippen LogP contribution < -0.4 is 16.6 Å². The molecule has 8 heteroatoms. The summed E-state index contributed by atoms with van der Waals surface area (Å²) in [5, 5.41) is 2.78. The van der Waals surface area contributed by atoms with Crippen LogP contribution in [0.25, 0.3) is 5.65 Å². The largest absolute Gasteiger partial charge is 0.369 e. The molecule has 0 aromatic carbocycles. The molecule has 2 amide bonds. The van der Waals surface area contributed by atoms with E-state index in [4.69, 9.17) is 5.73 Å². The number of primary amides is 1. The molecule has 1 fully saturated rings. The predicted molar refractivity (Wildman–Crippen MR) is 96.8 cm³/mol. The minimum Gasteiger partial charge on any atom is -0.369 e. The molecule has 0 radical (unpaired) electrons. The molecule has 3 N–H and O–H groups in total. The number of carbonyl (C=O) groups excluding carboxylic acids is 2. The van der Waals surface area contributed by atoms with Crippen LogP contribution in [0.15, 0.2) is 35.4 Å². The number of fused-ring (bicyclic) bond motifs is 1. The van der Waals surface area contributed by atoms with Gasteiger partial charge >= 0.3 is 0 Å². The van der Waals surface area contributed by atoms with Crippen molar-refractivity contribution in [2.24, 2.45) is 11.7 Å². The van der Waals surface area contributed by atoms with Crippen LogP contribution >= 0.6 is 0 Å². The molecule has 138 valence electrons. The molecule has 0 atom stereocenters. The van der Waals surface area contributed by atoms with Crippen molar-refractivity contribution in [2.45, 2.75) is 19.3 Å². The molecule has 2 aromatic rings. The maximum Gasteiger partial charge on any atom is 0.270 e. The van der Waals surface area contributed by atoms with Gasteiger partial charge in [-0.2, -0.15) is 0 Å². The Morgan fingerprint density at radius 1 is 1.27 bits per heavy atom. The minimum absolute atomic E-state index is 0.0145. The molecule has 1 saturated heterocycles. The van der Waals surface area contributed by atoms with Gasteiger partial charge in [0.15, 0.2) is 0 Å². The number of aromatic nitrogens is 2. The highest BCUT2D eigenvalue weighted by Crippen LogP contribution is 2.16. The number of nitrogens with two attached hydrogens (primary N) is 1. The van der Waals surface area contributed by atoms with Gasteiger partial charge in [-0.3, -0.25) is 18.8 Å². The Hall–Kier alpha value is -2.74. The van der Waals surface area contributed by atoms with Gasteiger partial charge in [0, 0.05) is 24.9 Å². The maximum atomic E-state index is 12.4. The van der Waals surface area contributed by atoms with Gasteiger partial charge in [-0.25, -0.2) is 4.98 Å². The summed E-state index contributed by atoms with van der Waals surface area (Å²) in [6, 6.07) is 5.22. The van der Waals surface area contributed by atoms with E-state index >= 15 is 0 Å². The third-order valence-corrected chi connectivity index (χ3v) is 4.78. The summed E-state index contributed by atoms with van der Waals surface area (Å²) >= 11 is 0. The number of hydrogen-bond acceptors (Lipinski definition) is 5. The van der Waals surface area contributed by atoms with Gasteiger partial charge < -0.3 is 16.0 Å². The molecule has 1 aliphatic heterocycles. The topological polar surface area (TPSA) is 110 Å². The van der Waals surface area contributed by atoms with Crippen LogP contribution in [0.4, 0.5) is 0 Å². The fourth-order valence-corrected chi connectivity index (χ4v) is 3.22. The summed E-state index contributed by atoms with van der Waals surface area (Å²) < 4.78 is 1.36. The summed E-state index contributed by atoms with van der Waals surface area (Å²) in [6.45, 7) is 3.00. The minimum atomic E-state index is -0.409. The smallest absolute Gasteiger partial charge is 0.270 e. The first kappa shape index (κ1) is 18.1. The van der Waals surface area contributed by atoms with Crippen molar-refractivity contribution in [2.75, 3.05) is 26.2 Å². The molecule has 0 saturated carbocycles. The van der Waals surface area contributed by atoms with Crippen LogP contribution in [0, 0.1) is 5.92 Å². The first-order valence-electron chi connectivity index (χ1n) is 8.82. The third kappa shape index (κ3) is 4.08. The number of carbonyl (C=O) groups is 2. The second kappa shape index (κ2) is 8.09. The van der Waals surface area contributed by atoms with E-state index < -0.39 is 5.91 Å². The van der Waals surface area contributed by atoms with Gasteiger partial charge in [0.2, 0.25) is 5.91 Å². The highest BCUT2D eigenvalue weighted by Gasteiger charge is 2.22. The fraction of sp³-hybridized carbons (Fsp3) is 0.444. The molecule has 2 aromatic heterocycles. The average Bonchev–Trinajstić information content (AvgIpc) is 2.66. The SMILES string of the molecule is NC(=O)C1CCN(CCCNC(=O)c2cnc3ccccn3c2=O)CC1. The second-order valence-corrected chi connectivity index (χ2v) is 6.53. The van der Waals surface area contributed by atoms with E-state index in [1.54, 1.807) is 24.4 Å². The Balaban J connectivity index is 1.47. The first-order valence-corrected chi connectivity index (χ1v) is 8.82. The number of nitrogens with one attached hydrogen (secondary N) is 1. The summed E-state index contributed by atoms with van der Waals surface area (Å²) in [4.78, 5) is 42.2. The zero-order valence-corrected chi connectivity index (χ0v) is 14.6. The van der Waals surface area contributed by atoms with Crippen LogP contribution in [-0.2, 0) is 4.79 Å². The van der Waals surface area contributed by atoms with Gasteiger partial charge in [0.1, 0.15) is 11.2 Å². The molecule has 0 unspecified atom stereocenters. The van der Waals surface area contributed by atoms with Crippen molar-refractivity contribution >= 4 is 17.5 Å². The zero-order valence-electron chi connectivity index (χ0n) is 14.6. The van der Waals surface area contributed by atoms with Gasteiger partial charge in [0.05, 0.1) is 0 Å². The predicted octanol–water partition coefficient (Wildman–Crippen LogP) is 0.0117. The van der Waals surface area contributed by atoms with E-state index in [2.05, 4.69) is 15.2 Å². The molecular formula is C18H23N5O3. The number of nitrogens with zero attached hydrogens (tertiary/aromatic N) is 3. The van der Waals surface area contributed by atoms with Gasteiger partial charge in [-0.05, 0) is 51.0 Å². The van der Waals surface area contributed by atoms with Crippen LogP contribution in [0.1, 0.15) is 29.6 Å². The monoisotopic (exact) mass is 357 g/mol. The van der Waals surface area contributed by atoms with E-state index in [-0.39, 0.29) is 22.9 Å². The molecule has 0 spiro atoms. The molecule has 1 aliphatic rings. The molecule has 0 aliphatic carbocycles. The van der Waals surface area contributed by atoms with Crippen molar-refractivity contribution in [1.82, 2.24) is 19.6 Å². The van der Waals surface area contributed by atoms with Crippen molar-refractivity contribution < 1.29 is 9.59 Å². The zero-order chi connectivity index (χ0) is 18.5. The average molecular weight is 357 g/mol. The van der Waals surface area contributed by atoms with Crippen molar-refractivity contribution in [3.05, 3.63) is 46.5 Å². The van der Waals surface area contributed by atoms with E-state index in [1.807, 2.05) is 0 Å². The third-order valence-electron chi connectivity index (χ3n) is 4.78. The maximum absolute atomic E-state index is 12.4. The number of amides is 2. The lowest BCUT2D eigenvalue weighted by atomic mass is 9.96.